The second-order valence-corrected chi connectivity index (χ2v) is 2.94. The summed E-state index contributed by atoms with van der Waals surface area (Å²) in [6.07, 6.45) is 0.708. The molecule has 0 aromatic heterocycles. The number of carbonyl (C=O) groups is 1. The van der Waals surface area contributed by atoms with Crippen molar-refractivity contribution in [3.05, 3.63) is 0 Å². The van der Waals surface area contributed by atoms with Crippen LogP contribution in [0, 0.1) is 5.92 Å². The lowest BCUT2D eigenvalue weighted by Gasteiger charge is -2.13. The first kappa shape index (κ1) is 7.54. The van der Waals surface area contributed by atoms with Crippen LogP contribution in [0.2, 0.25) is 0 Å². The van der Waals surface area contributed by atoms with E-state index in [2.05, 4.69) is 6.92 Å². The number of nitrogens with two attached hydrogens (primary N) is 1. The molecule has 0 bridgehead atoms. The number of amides is 1. The molecule has 0 radical (unpaired) electrons. The average molecular weight is 142 g/mol. The van der Waals surface area contributed by atoms with Crippen LogP contribution in [-0.2, 0) is 4.79 Å². The molecule has 1 aliphatic heterocycles. The molecule has 0 aliphatic carbocycles. The van der Waals surface area contributed by atoms with Crippen LogP contribution in [0.4, 0.5) is 0 Å². The predicted molar refractivity (Wildman–Crippen MR) is 39.4 cm³/mol. The lowest BCUT2D eigenvalue weighted by molar-refractivity contribution is -0.127. The minimum absolute atomic E-state index is 0.262. The highest BCUT2D eigenvalue weighted by atomic mass is 16.2. The van der Waals surface area contributed by atoms with Crippen molar-refractivity contribution in [2.24, 2.45) is 11.7 Å². The van der Waals surface area contributed by atoms with Crippen molar-refractivity contribution in [3.63, 3.8) is 0 Å². The second-order valence-electron chi connectivity index (χ2n) is 2.94. The molecular formula is C7H14N2O. The number of carbonyl (C=O) groups excluding carboxylic acids is 1. The Bertz CT molecular complexity index is 136. The summed E-state index contributed by atoms with van der Waals surface area (Å²) in [4.78, 5) is 12.9. The number of hydrogen-bond acceptors (Lipinski definition) is 2. The van der Waals surface area contributed by atoms with E-state index in [4.69, 9.17) is 5.73 Å². The van der Waals surface area contributed by atoms with Gasteiger partial charge in [0.1, 0.15) is 0 Å². The summed E-state index contributed by atoms with van der Waals surface area (Å²) in [6.45, 7) is 4.30. The Morgan fingerprint density at radius 2 is 2.50 bits per heavy atom. The Kier molecular flexibility index (Phi) is 2.27. The standard InChI is InChI=1S/C7H14N2O/c1-6-4-7(10)9(5-6)3-2-8/h6H,2-5,8H2,1H3. The van der Waals surface area contributed by atoms with Gasteiger partial charge in [0.25, 0.3) is 0 Å². The number of likely N-dealkylation sites (tertiary alicyclic amines) is 1. The second kappa shape index (κ2) is 3.01. The zero-order chi connectivity index (χ0) is 7.56. The average Bonchev–Trinajstić information content (AvgIpc) is 2.13. The highest BCUT2D eigenvalue weighted by Crippen LogP contribution is 2.15. The third-order valence-electron chi connectivity index (χ3n) is 1.81. The van der Waals surface area contributed by atoms with Crippen LogP contribution in [0.1, 0.15) is 13.3 Å². The molecule has 1 heterocycles. The molecule has 1 unspecified atom stereocenters. The third-order valence-corrected chi connectivity index (χ3v) is 1.81. The third kappa shape index (κ3) is 1.48. The Morgan fingerprint density at radius 3 is 2.90 bits per heavy atom. The molecule has 58 valence electrons. The molecule has 1 rings (SSSR count). The van der Waals surface area contributed by atoms with E-state index in [1.165, 1.54) is 0 Å². The van der Waals surface area contributed by atoms with Gasteiger partial charge in [-0.05, 0) is 5.92 Å². The van der Waals surface area contributed by atoms with Crippen LogP contribution >= 0.6 is 0 Å². The summed E-state index contributed by atoms with van der Waals surface area (Å²) in [5.74, 6) is 0.789. The SMILES string of the molecule is CC1CC(=O)N(CCN)C1. The van der Waals surface area contributed by atoms with E-state index in [0.717, 1.165) is 13.1 Å². The van der Waals surface area contributed by atoms with Gasteiger partial charge in [-0.15, -0.1) is 0 Å². The van der Waals surface area contributed by atoms with Gasteiger partial charge in [-0.2, -0.15) is 0 Å². The molecular weight excluding hydrogens is 128 g/mol. The normalized spacial score (nSPS) is 26.0. The minimum atomic E-state index is 0.262. The van der Waals surface area contributed by atoms with Gasteiger partial charge in [0.05, 0.1) is 0 Å². The number of hydrogen-bond donors (Lipinski definition) is 1. The molecule has 3 nitrogen and oxygen atoms in total. The fourth-order valence-corrected chi connectivity index (χ4v) is 1.34. The Morgan fingerprint density at radius 1 is 1.80 bits per heavy atom. The van der Waals surface area contributed by atoms with Gasteiger partial charge in [0, 0.05) is 26.1 Å². The Labute approximate surface area is 61.2 Å². The molecule has 3 heteroatoms. The van der Waals surface area contributed by atoms with Gasteiger partial charge < -0.3 is 10.6 Å². The zero-order valence-electron chi connectivity index (χ0n) is 6.34. The summed E-state index contributed by atoms with van der Waals surface area (Å²) >= 11 is 0. The van der Waals surface area contributed by atoms with E-state index in [-0.39, 0.29) is 5.91 Å². The molecule has 1 aliphatic rings. The topological polar surface area (TPSA) is 46.3 Å². The van der Waals surface area contributed by atoms with Crippen LogP contribution in [0.25, 0.3) is 0 Å². The van der Waals surface area contributed by atoms with Crippen molar-refractivity contribution >= 4 is 5.91 Å². The van der Waals surface area contributed by atoms with Crippen molar-refractivity contribution < 1.29 is 4.79 Å². The molecule has 0 spiro atoms. The van der Waals surface area contributed by atoms with Crippen molar-refractivity contribution in [1.82, 2.24) is 4.90 Å². The molecule has 0 saturated carbocycles. The summed E-state index contributed by atoms with van der Waals surface area (Å²) < 4.78 is 0. The van der Waals surface area contributed by atoms with E-state index < -0.39 is 0 Å². The quantitative estimate of drug-likeness (QED) is 0.581. The monoisotopic (exact) mass is 142 g/mol. The van der Waals surface area contributed by atoms with Crippen molar-refractivity contribution in [2.75, 3.05) is 19.6 Å². The molecule has 10 heavy (non-hydrogen) atoms. The maximum Gasteiger partial charge on any atom is 0.222 e. The molecule has 1 amide bonds. The van der Waals surface area contributed by atoms with Crippen LogP contribution in [0.3, 0.4) is 0 Å². The smallest absolute Gasteiger partial charge is 0.222 e. The number of nitrogens with zero attached hydrogens (tertiary/aromatic N) is 1. The first-order chi connectivity index (χ1) is 4.74. The highest BCUT2D eigenvalue weighted by molar-refractivity contribution is 5.78. The largest absolute Gasteiger partial charge is 0.341 e. The van der Waals surface area contributed by atoms with Crippen LogP contribution in [0.5, 0.6) is 0 Å². The van der Waals surface area contributed by atoms with Crippen molar-refractivity contribution in [3.8, 4) is 0 Å². The van der Waals surface area contributed by atoms with Gasteiger partial charge in [-0.3, -0.25) is 4.79 Å². The van der Waals surface area contributed by atoms with Gasteiger partial charge >= 0.3 is 0 Å². The summed E-state index contributed by atoms with van der Waals surface area (Å²) in [6, 6.07) is 0. The summed E-state index contributed by atoms with van der Waals surface area (Å²) in [7, 11) is 0. The van der Waals surface area contributed by atoms with Crippen molar-refractivity contribution in [2.45, 2.75) is 13.3 Å². The van der Waals surface area contributed by atoms with E-state index in [0.29, 0.717) is 18.9 Å². The lowest BCUT2D eigenvalue weighted by Crippen LogP contribution is -2.30. The first-order valence-electron chi connectivity index (χ1n) is 3.72. The lowest BCUT2D eigenvalue weighted by atomic mass is 10.2. The van der Waals surface area contributed by atoms with Crippen LogP contribution < -0.4 is 5.73 Å². The van der Waals surface area contributed by atoms with E-state index in [1.807, 2.05) is 4.90 Å². The van der Waals surface area contributed by atoms with Gasteiger partial charge in [-0.25, -0.2) is 0 Å². The van der Waals surface area contributed by atoms with Crippen LogP contribution in [0.15, 0.2) is 0 Å². The van der Waals surface area contributed by atoms with Gasteiger partial charge in [0.15, 0.2) is 0 Å². The molecule has 1 atom stereocenters. The van der Waals surface area contributed by atoms with E-state index in [9.17, 15) is 4.79 Å². The predicted octanol–water partition coefficient (Wildman–Crippen LogP) is -0.187. The minimum Gasteiger partial charge on any atom is -0.341 e. The van der Waals surface area contributed by atoms with Gasteiger partial charge in [-0.1, -0.05) is 6.92 Å². The van der Waals surface area contributed by atoms with E-state index in [1.54, 1.807) is 0 Å². The fraction of sp³-hybridized carbons (Fsp3) is 0.857. The zero-order valence-corrected chi connectivity index (χ0v) is 6.34. The van der Waals surface area contributed by atoms with Crippen molar-refractivity contribution in [1.29, 1.82) is 0 Å². The Hall–Kier alpha value is -0.570. The summed E-state index contributed by atoms with van der Waals surface area (Å²) in [5, 5.41) is 0. The Balaban J connectivity index is 2.39. The molecule has 1 fully saturated rings. The molecule has 1 saturated heterocycles. The molecule has 0 aromatic rings. The molecule has 2 N–H and O–H groups in total. The van der Waals surface area contributed by atoms with E-state index >= 15 is 0 Å². The molecule has 0 aromatic carbocycles. The number of rotatable bonds is 2. The fourth-order valence-electron chi connectivity index (χ4n) is 1.34. The highest BCUT2D eigenvalue weighted by Gasteiger charge is 2.24. The summed E-state index contributed by atoms with van der Waals surface area (Å²) in [5.41, 5.74) is 5.32. The van der Waals surface area contributed by atoms with Gasteiger partial charge in [0.2, 0.25) is 5.91 Å². The van der Waals surface area contributed by atoms with Crippen LogP contribution in [-0.4, -0.2) is 30.4 Å². The maximum absolute atomic E-state index is 11.0. The maximum atomic E-state index is 11.0. The first-order valence-corrected chi connectivity index (χ1v) is 3.72.